The van der Waals surface area contributed by atoms with E-state index in [-0.39, 0.29) is 0 Å². The van der Waals surface area contributed by atoms with Crippen molar-refractivity contribution in [1.29, 1.82) is 0 Å². The first-order valence-electron chi connectivity index (χ1n) is 6.32. The van der Waals surface area contributed by atoms with Crippen LogP contribution in [0.3, 0.4) is 0 Å². The molecule has 0 aliphatic carbocycles. The van der Waals surface area contributed by atoms with Gasteiger partial charge in [-0.2, -0.15) is 0 Å². The summed E-state index contributed by atoms with van der Waals surface area (Å²) in [4.78, 5) is 4.77. The number of hydrogen-bond donors (Lipinski definition) is 1. The molecular weight excluding hydrogens is 266 g/mol. The zero-order chi connectivity index (χ0) is 11.0. The average Bonchev–Trinajstić information content (AvgIpc) is 2.69. The summed E-state index contributed by atoms with van der Waals surface area (Å²) in [5.41, 5.74) is 1.43. The van der Waals surface area contributed by atoms with Crippen LogP contribution in [0.1, 0.15) is 43.1 Å². The number of hydrogen-bond acceptors (Lipinski definition) is 2. The van der Waals surface area contributed by atoms with E-state index in [0.29, 0.717) is 5.92 Å². The highest BCUT2D eigenvalue weighted by Crippen LogP contribution is 2.31. The van der Waals surface area contributed by atoms with Crippen LogP contribution in [0.5, 0.6) is 0 Å². The van der Waals surface area contributed by atoms with Crippen molar-refractivity contribution in [3.63, 3.8) is 0 Å². The zero-order valence-electron chi connectivity index (χ0n) is 9.51. The fourth-order valence-electron chi connectivity index (χ4n) is 2.92. The average molecular weight is 284 g/mol. The maximum Gasteiger partial charge on any atom is 0.127 e. The molecule has 0 bridgehead atoms. The number of nitrogens with one attached hydrogen (secondary N) is 1. The largest absolute Gasteiger partial charge is 0.331 e. The molecule has 0 aromatic carbocycles. The molecule has 0 spiro atoms. The summed E-state index contributed by atoms with van der Waals surface area (Å²) in [5.74, 6) is 2.01. The predicted molar refractivity (Wildman–Crippen MR) is 67.7 cm³/mol. The van der Waals surface area contributed by atoms with E-state index in [2.05, 4.69) is 25.8 Å². The molecular formula is C12H18BrN3. The van der Waals surface area contributed by atoms with Gasteiger partial charge in [0.15, 0.2) is 0 Å². The molecule has 4 heteroatoms. The molecule has 0 saturated carbocycles. The standard InChI is InChI=1S/C12H18BrN3/c13-11-10-3-1-2-8-16(10)12(15-11)9-4-6-14-7-5-9/h9,14H,1-8H2. The topological polar surface area (TPSA) is 29.9 Å². The van der Waals surface area contributed by atoms with E-state index in [1.165, 1.54) is 50.2 Å². The van der Waals surface area contributed by atoms with Crippen molar-refractivity contribution in [3.05, 3.63) is 16.1 Å². The van der Waals surface area contributed by atoms with Gasteiger partial charge in [0.05, 0.1) is 5.69 Å². The van der Waals surface area contributed by atoms with Crippen molar-refractivity contribution < 1.29 is 0 Å². The lowest BCUT2D eigenvalue weighted by molar-refractivity contribution is 0.416. The number of aromatic nitrogens is 2. The van der Waals surface area contributed by atoms with E-state index in [1.54, 1.807) is 0 Å². The van der Waals surface area contributed by atoms with Gasteiger partial charge < -0.3 is 9.88 Å². The molecule has 0 atom stereocenters. The van der Waals surface area contributed by atoms with Crippen molar-refractivity contribution >= 4 is 15.9 Å². The molecule has 0 unspecified atom stereocenters. The van der Waals surface area contributed by atoms with E-state index in [0.717, 1.165) is 17.7 Å². The molecule has 0 amide bonds. The van der Waals surface area contributed by atoms with Gasteiger partial charge in [-0.3, -0.25) is 0 Å². The third-order valence-corrected chi connectivity index (χ3v) is 4.44. The fourth-order valence-corrected chi connectivity index (χ4v) is 3.51. The number of fused-ring (bicyclic) bond motifs is 1. The predicted octanol–water partition coefficient (Wildman–Crippen LogP) is 2.45. The molecule has 16 heavy (non-hydrogen) atoms. The summed E-state index contributed by atoms with van der Waals surface area (Å²) in [5, 5.41) is 3.42. The lowest BCUT2D eigenvalue weighted by Gasteiger charge is -2.25. The maximum atomic E-state index is 4.77. The molecule has 1 saturated heterocycles. The Kier molecular flexibility index (Phi) is 3.03. The van der Waals surface area contributed by atoms with Crippen LogP contribution in [-0.2, 0) is 13.0 Å². The van der Waals surface area contributed by atoms with E-state index >= 15 is 0 Å². The molecule has 3 nitrogen and oxygen atoms in total. The molecule has 1 N–H and O–H groups in total. The molecule has 1 aromatic heterocycles. The third kappa shape index (κ3) is 1.82. The summed E-state index contributed by atoms with van der Waals surface area (Å²) >= 11 is 3.62. The Morgan fingerprint density at radius 3 is 2.88 bits per heavy atom. The van der Waals surface area contributed by atoms with Gasteiger partial charge in [0.1, 0.15) is 10.4 Å². The summed E-state index contributed by atoms with van der Waals surface area (Å²) in [7, 11) is 0. The van der Waals surface area contributed by atoms with Crippen LogP contribution in [0.15, 0.2) is 4.60 Å². The second kappa shape index (κ2) is 4.49. The highest BCUT2D eigenvalue weighted by Gasteiger charge is 2.25. The van der Waals surface area contributed by atoms with Gasteiger partial charge in [-0.15, -0.1) is 0 Å². The van der Waals surface area contributed by atoms with Crippen molar-refractivity contribution in [3.8, 4) is 0 Å². The maximum absolute atomic E-state index is 4.77. The van der Waals surface area contributed by atoms with Gasteiger partial charge in [-0.25, -0.2) is 4.98 Å². The summed E-state index contributed by atoms with van der Waals surface area (Å²) in [6, 6.07) is 0. The monoisotopic (exact) mass is 283 g/mol. The fraction of sp³-hybridized carbons (Fsp3) is 0.750. The summed E-state index contributed by atoms with van der Waals surface area (Å²) in [6.07, 6.45) is 6.30. The second-order valence-electron chi connectivity index (χ2n) is 4.84. The summed E-state index contributed by atoms with van der Waals surface area (Å²) in [6.45, 7) is 3.46. The van der Waals surface area contributed by atoms with Crippen LogP contribution < -0.4 is 5.32 Å². The lowest BCUT2D eigenvalue weighted by atomic mass is 9.97. The molecule has 3 rings (SSSR count). The minimum atomic E-state index is 0.671. The van der Waals surface area contributed by atoms with Crippen molar-refractivity contribution in [1.82, 2.24) is 14.9 Å². The Morgan fingerprint density at radius 2 is 2.06 bits per heavy atom. The highest BCUT2D eigenvalue weighted by atomic mass is 79.9. The minimum absolute atomic E-state index is 0.671. The number of nitrogens with zero attached hydrogens (tertiary/aromatic N) is 2. The minimum Gasteiger partial charge on any atom is -0.331 e. The number of halogens is 1. The molecule has 1 aromatic rings. The van der Waals surface area contributed by atoms with Crippen molar-refractivity contribution in [2.75, 3.05) is 13.1 Å². The Labute approximate surface area is 105 Å². The van der Waals surface area contributed by atoms with Gasteiger partial charge in [-0.05, 0) is 61.1 Å². The van der Waals surface area contributed by atoms with Crippen LogP contribution in [0.25, 0.3) is 0 Å². The molecule has 88 valence electrons. The van der Waals surface area contributed by atoms with Gasteiger partial charge >= 0.3 is 0 Å². The first-order valence-corrected chi connectivity index (χ1v) is 7.11. The van der Waals surface area contributed by atoms with E-state index in [4.69, 9.17) is 4.98 Å². The number of rotatable bonds is 1. The summed E-state index contributed by atoms with van der Waals surface area (Å²) < 4.78 is 3.57. The molecule has 2 aliphatic heterocycles. The molecule has 0 radical (unpaired) electrons. The SMILES string of the molecule is Brc1nc(C2CCNCC2)n2c1CCCC2. The van der Waals surface area contributed by atoms with Crippen LogP contribution in [-0.4, -0.2) is 22.6 Å². The van der Waals surface area contributed by atoms with Crippen LogP contribution >= 0.6 is 15.9 Å². The molecule has 3 heterocycles. The van der Waals surface area contributed by atoms with Gasteiger partial charge in [0, 0.05) is 12.5 Å². The van der Waals surface area contributed by atoms with Crippen LogP contribution in [0, 0.1) is 0 Å². The van der Waals surface area contributed by atoms with Crippen molar-refractivity contribution in [2.24, 2.45) is 0 Å². The Morgan fingerprint density at radius 1 is 1.25 bits per heavy atom. The quantitative estimate of drug-likeness (QED) is 0.858. The van der Waals surface area contributed by atoms with Crippen LogP contribution in [0.4, 0.5) is 0 Å². The van der Waals surface area contributed by atoms with Gasteiger partial charge in [-0.1, -0.05) is 0 Å². The Balaban J connectivity index is 1.93. The lowest BCUT2D eigenvalue weighted by Crippen LogP contribution is -2.28. The van der Waals surface area contributed by atoms with E-state index in [1.807, 2.05) is 0 Å². The molecule has 1 fully saturated rings. The van der Waals surface area contributed by atoms with Crippen LogP contribution in [0.2, 0.25) is 0 Å². The molecule has 2 aliphatic rings. The smallest absolute Gasteiger partial charge is 0.127 e. The van der Waals surface area contributed by atoms with E-state index < -0.39 is 0 Å². The highest BCUT2D eigenvalue weighted by molar-refractivity contribution is 9.10. The van der Waals surface area contributed by atoms with Gasteiger partial charge in [0.2, 0.25) is 0 Å². The number of piperidine rings is 1. The second-order valence-corrected chi connectivity index (χ2v) is 5.59. The first-order chi connectivity index (χ1) is 7.86. The Bertz CT molecular complexity index is 380. The third-order valence-electron chi connectivity index (χ3n) is 3.80. The van der Waals surface area contributed by atoms with E-state index in [9.17, 15) is 0 Å². The number of imidazole rings is 1. The van der Waals surface area contributed by atoms with Gasteiger partial charge in [0.25, 0.3) is 0 Å². The normalized spacial score (nSPS) is 22.1. The Hall–Kier alpha value is -0.350. The zero-order valence-corrected chi connectivity index (χ0v) is 11.1. The van der Waals surface area contributed by atoms with Crippen molar-refractivity contribution in [2.45, 2.75) is 44.6 Å². The first kappa shape index (κ1) is 10.8.